The lowest BCUT2D eigenvalue weighted by Gasteiger charge is -2.28. The van der Waals surface area contributed by atoms with E-state index in [0.717, 1.165) is 37.5 Å². The molecule has 26 heavy (non-hydrogen) atoms. The number of hydrogen-bond acceptors (Lipinski definition) is 6. The first kappa shape index (κ1) is 16.7. The van der Waals surface area contributed by atoms with Gasteiger partial charge in [0.2, 0.25) is 5.28 Å². The maximum atomic E-state index is 10.8. The van der Waals surface area contributed by atoms with Crippen LogP contribution in [0.2, 0.25) is 5.28 Å². The van der Waals surface area contributed by atoms with Crippen molar-refractivity contribution >= 4 is 28.6 Å². The fourth-order valence-electron chi connectivity index (χ4n) is 4.56. The average Bonchev–Trinajstić information content (AvgIpc) is 3.25. The van der Waals surface area contributed by atoms with E-state index in [4.69, 9.17) is 21.3 Å². The van der Waals surface area contributed by atoms with Gasteiger partial charge >= 0.3 is 0 Å². The summed E-state index contributed by atoms with van der Waals surface area (Å²) in [5, 5.41) is 11.0. The van der Waals surface area contributed by atoms with Gasteiger partial charge < -0.3 is 14.7 Å². The molecule has 2 bridgehead atoms. The maximum Gasteiger partial charge on any atom is 0.226 e. The molecule has 0 spiro atoms. The van der Waals surface area contributed by atoms with Crippen LogP contribution in [0.25, 0.3) is 11.2 Å². The Morgan fingerprint density at radius 3 is 2.62 bits per heavy atom. The van der Waals surface area contributed by atoms with E-state index in [2.05, 4.69) is 14.9 Å². The number of rotatable bonds is 3. The van der Waals surface area contributed by atoms with E-state index in [1.165, 1.54) is 12.8 Å². The van der Waals surface area contributed by atoms with Crippen molar-refractivity contribution in [2.45, 2.75) is 63.8 Å². The topological polar surface area (TPSA) is 76.3 Å². The lowest BCUT2D eigenvalue weighted by molar-refractivity contribution is -0.0405. The Balaban J connectivity index is 1.72. The predicted octanol–water partition coefficient (Wildman–Crippen LogP) is 3.00. The predicted molar refractivity (Wildman–Crippen MR) is 98.3 cm³/mol. The Hall–Kier alpha value is -1.44. The lowest BCUT2D eigenvalue weighted by atomic mass is 9.86. The minimum atomic E-state index is -1.11. The van der Waals surface area contributed by atoms with Crippen molar-refractivity contribution in [3.05, 3.63) is 11.1 Å². The number of halogens is 1. The molecule has 3 saturated heterocycles. The molecule has 6 rings (SSSR count). The number of ether oxygens (including phenoxy) is 1. The molecule has 1 atom stereocenters. The van der Waals surface area contributed by atoms with Crippen LogP contribution in [0.15, 0.2) is 0 Å². The van der Waals surface area contributed by atoms with Gasteiger partial charge in [-0.3, -0.25) is 4.57 Å². The van der Waals surface area contributed by atoms with Gasteiger partial charge in [0.05, 0.1) is 0 Å². The summed E-state index contributed by atoms with van der Waals surface area (Å²) >= 11 is 6.30. The fourth-order valence-corrected chi connectivity index (χ4v) is 4.72. The highest BCUT2D eigenvalue weighted by molar-refractivity contribution is 6.28. The molecule has 2 aromatic rings. The van der Waals surface area contributed by atoms with E-state index in [1.54, 1.807) is 13.8 Å². The SMILES string of the molecule is CC(C)(O)c1nc2c(N3CC4CC3C4)nc(Cl)nc2n1C1CCCCO1. The minimum Gasteiger partial charge on any atom is -0.383 e. The van der Waals surface area contributed by atoms with Gasteiger partial charge in [0.25, 0.3) is 0 Å². The van der Waals surface area contributed by atoms with Crippen LogP contribution in [-0.2, 0) is 10.3 Å². The molecule has 4 fully saturated rings. The van der Waals surface area contributed by atoms with Crippen molar-refractivity contribution < 1.29 is 9.84 Å². The summed E-state index contributed by atoms with van der Waals surface area (Å²) in [6.07, 6.45) is 5.26. The van der Waals surface area contributed by atoms with Crippen LogP contribution in [0.1, 0.15) is 58.0 Å². The fraction of sp³-hybridized carbons (Fsp3) is 0.722. The Morgan fingerprint density at radius 2 is 2.00 bits per heavy atom. The third kappa shape index (κ3) is 2.52. The van der Waals surface area contributed by atoms with Crippen LogP contribution in [-0.4, -0.2) is 43.8 Å². The first-order chi connectivity index (χ1) is 12.4. The molecule has 1 aliphatic carbocycles. The number of hydrogen-bond donors (Lipinski definition) is 1. The van der Waals surface area contributed by atoms with E-state index >= 15 is 0 Å². The zero-order valence-corrected chi connectivity index (χ0v) is 15.9. The molecular formula is C18H24ClN5O2. The van der Waals surface area contributed by atoms with Gasteiger partial charge in [0.1, 0.15) is 17.7 Å². The van der Waals surface area contributed by atoms with Gasteiger partial charge in [-0.15, -0.1) is 0 Å². The standard InChI is InChI=1S/C18H24ClN5O2/c1-18(2,25)16-20-13-14(23-9-10-7-11(23)8-10)21-17(19)22-15(13)24(16)12-5-3-4-6-26-12/h10-12,25H,3-9H2,1-2H3. The summed E-state index contributed by atoms with van der Waals surface area (Å²) < 4.78 is 7.93. The van der Waals surface area contributed by atoms with Gasteiger partial charge in [-0.1, -0.05) is 0 Å². The van der Waals surface area contributed by atoms with Crippen molar-refractivity contribution in [1.29, 1.82) is 0 Å². The van der Waals surface area contributed by atoms with Crippen LogP contribution in [0, 0.1) is 5.92 Å². The summed E-state index contributed by atoms with van der Waals surface area (Å²) in [4.78, 5) is 16.1. The highest BCUT2D eigenvalue weighted by atomic mass is 35.5. The molecule has 8 heteroatoms. The first-order valence-corrected chi connectivity index (χ1v) is 9.86. The second-order valence-electron chi connectivity index (χ2n) is 8.32. The average molecular weight is 378 g/mol. The molecule has 0 amide bonds. The zero-order chi connectivity index (χ0) is 18.1. The monoisotopic (exact) mass is 377 g/mol. The molecule has 5 heterocycles. The normalized spacial score (nSPS) is 28.6. The van der Waals surface area contributed by atoms with E-state index in [9.17, 15) is 5.11 Å². The number of aliphatic hydroxyl groups is 1. The van der Waals surface area contributed by atoms with Crippen molar-refractivity contribution in [1.82, 2.24) is 19.5 Å². The van der Waals surface area contributed by atoms with Crippen LogP contribution >= 0.6 is 11.6 Å². The summed E-state index contributed by atoms with van der Waals surface area (Å²) in [5.74, 6) is 2.11. The molecule has 3 aliphatic heterocycles. The number of imidazole rings is 1. The van der Waals surface area contributed by atoms with Gasteiger partial charge in [-0.05, 0) is 63.5 Å². The molecule has 4 aliphatic rings. The highest BCUT2D eigenvalue weighted by Crippen LogP contribution is 2.45. The Morgan fingerprint density at radius 1 is 1.19 bits per heavy atom. The summed E-state index contributed by atoms with van der Waals surface area (Å²) in [6.45, 7) is 5.19. The second kappa shape index (κ2) is 5.78. The molecule has 2 aromatic heterocycles. The highest BCUT2D eigenvalue weighted by Gasteiger charge is 2.44. The molecule has 0 radical (unpaired) electrons. The second-order valence-corrected chi connectivity index (χ2v) is 8.66. The summed E-state index contributed by atoms with van der Waals surface area (Å²) in [5.41, 5.74) is 0.264. The number of fused-ring (bicyclic) bond motifs is 2. The maximum absolute atomic E-state index is 10.8. The minimum absolute atomic E-state index is 0.179. The van der Waals surface area contributed by atoms with Crippen LogP contribution in [0.4, 0.5) is 5.82 Å². The first-order valence-electron chi connectivity index (χ1n) is 9.48. The largest absolute Gasteiger partial charge is 0.383 e. The van der Waals surface area contributed by atoms with Crippen molar-refractivity contribution in [3.8, 4) is 0 Å². The zero-order valence-electron chi connectivity index (χ0n) is 15.2. The lowest BCUT2D eigenvalue weighted by Crippen LogP contribution is -2.29. The van der Waals surface area contributed by atoms with Gasteiger partial charge in [0.15, 0.2) is 17.0 Å². The van der Waals surface area contributed by atoms with E-state index in [1.807, 2.05) is 4.57 Å². The summed E-state index contributed by atoms with van der Waals surface area (Å²) in [7, 11) is 0. The summed E-state index contributed by atoms with van der Waals surface area (Å²) in [6, 6.07) is 0.524. The van der Waals surface area contributed by atoms with E-state index in [0.29, 0.717) is 29.6 Å². The van der Waals surface area contributed by atoms with Crippen LogP contribution in [0.5, 0.6) is 0 Å². The van der Waals surface area contributed by atoms with Gasteiger partial charge in [-0.25, -0.2) is 4.98 Å². The third-order valence-corrected chi connectivity index (χ3v) is 6.03. The number of nitrogens with zero attached hydrogens (tertiary/aromatic N) is 5. The van der Waals surface area contributed by atoms with Crippen molar-refractivity contribution in [2.24, 2.45) is 5.92 Å². The Bertz CT molecular complexity index is 849. The van der Waals surface area contributed by atoms with Crippen molar-refractivity contribution in [2.75, 3.05) is 18.1 Å². The number of aromatic nitrogens is 4. The van der Waals surface area contributed by atoms with Crippen LogP contribution in [0.3, 0.4) is 0 Å². The van der Waals surface area contributed by atoms with E-state index in [-0.39, 0.29) is 11.5 Å². The molecular weight excluding hydrogens is 354 g/mol. The molecule has 1 N–H and O–H groups in total. The van der Waals surface area contributed by atoms with Gasteiger partial charge in [-0.2, -0.15) is 9.97 Å². The Kier molecular flexibility index (Phi) is 3.71. The van der Waals surface area contributed by atoms with Crippen molar-refractivity contribution in [3.63, 3.8) is 0 Å². The molecule has 1 unspecified atom stereocenters. The van der Waals surface area contributed by atoms with Gasteiger partial charge in [0, 0.05) is 19.2 Å². The Labute approximate surface area is 157 Å². The van der Waals surface area contributed by atoms with Crippen LogP contribution < -0.4 is 4.90 Å². The number of anilines is 1. The molecule has 1 saturated carbocycles. The quantitative estimate of drug-likeness (QED) is 0.828. The third-order valence-electron chi connectivity index (χ3n) is 5.86. The molecule has 140 valence electrons. The van der Waals surface area contributed by atoms with E-state index < -0.39 is 5.60 Å². The molecule has 0 aromatic carbocycles. The smallest absolute Gasteiger partial charge is 0.226 e. The molecule has 7 nitrogen and oxygen atoms in total.